The van der Waals surface area contributed by atoms with Crippen molar-refractivity contribution in [3.05, 3.63) is 0 Å². The Labute approximate surface area is 90.0 Å². The Morgan fingerprint density at radius 3 is 2.50 bits per heavy atom. The molecule has 0 fully saturated rings. The first-order valence-electron chi connectivity index (χ1n) is 4.55. The van der Waals surface area contributed by atoms with Crippen LogP contribution in [0.5, 0.6) is 0 Å². The van der Waals surface area contributed by atoms with Crippen LogP contribution in [0, 0.1) is 5.92 Å². The molecular formula is C9H17N2O2S. The first-order chi connectivity index (χ1) is 6.51. The second-order valence-electron chi connectivity index (χ2n) is 3.60. The Morgan fingerprint density at radius 2 is 2.14 bits per heavy atom. The minimum absolute atomic E-state index is 0.240. The summed E-state index contributed by atoms with van der Waals surface area (Å²) in [5.74, 6) is 0.274. The molecule has 0 aliphatic carbocycles. The third kappa shape index (κ3) is 5.24. The maximum atomic E-state index is 11.4. The van der Waals surface area contributed by atoms with E-state index >= 15 is 0 Å². The molecule has 1 amide bonds. The molecule has 0 aromatic rings. The van der Waals surface area contributed by atoms with Crippen molar-refractivity contribution in [2.24, 2.45) is 11.7 Å². The van der Waals surface area contributed by atoms with Gasteiger partial charge in [0.2, 0.25) is 12.2 Å². The molecule has 0 unspecified atom stereocenters. The first kappa shape index (κ1) is 13.4. The van der Waals surface area contributed by atoms with Crippen LogP contribution in [0.4, 0.5) is 0 Å². The molecular weight excluding hydrogens is 200 g/mol. The molecule has 0 saturated heterocycles. The fourth-order valence-electron chi connectivity index (χ4n) is 1.01. The molecule has 0 spiro atoms. The summed E-state index contributed by atoms with van der Waals surface area (Å²) in [6.45, 7) is 3.96. The molecule has 0 aliphatic heterocycles. The van der Waals surface area contributed by atoms with Crippen LogP contribution in [-0.4, -0.2) is 30.0 Å². The number of nitrogens with one attached hydrogen (secondary N) is 1. The molecule has 0 saturated carbocycles. The summed E-state index contributed by atoms with van der Waals surface area (Å²) in [6, 6.07) is -1.23. The van der Waals surface area contributed by atoms with Gasteiger partial charge in [0.25, 0.3) is 0 Å². The van der Waals surface area contributed by atoms with Crippen LogP contribution in [0.1, 0.15) is 20.3 Å². The van der Waals surface area contributed by atoms with E-state index in [1.54, 1.807) is 6.29 Å². The minimum atomic E-state index is -0.663. The number of hydrogen-bond acceptors (Lipinski definition) is 4. The number of nitrogens with two attached hydrogens (primary N) is 1. The summed E-state index contributed by atoms with van der Waals surface area (Å²) >= 11 is 3.89. The summed E-state index contributed by atoms with van der Waals surface area (Å²) in [5.41, 5.74) is 5.61. The summed E-state index contributed by atoms with van der Waals surface area (Å²) < 4.78 is 0. The normalized spacial score (nSPS) is 14.9. The molecule has 5 heteroatoms. The lowest BCUT2D eigenvalue weighted by atomic mass is 10.0. The van der Waals surface area contributed by atoms with Gasteiger partial charge >= 0.3 is 0 Å². The summed E-state index contributed by atoms with van der Waals surface area (Å²) in [7, 11) is 0. The first-order valence-corrected chi connectivity index (χ1v) is 5.19. The Kier molecular flexibility index (Phi) is 6.57. The molecule has 3 N–H and O–H groups in total. The van der Waals surface area contributed by atoms with Crippen molar-refractivity contribution in [2.45, 2.75) is 32.4 Å². The topological polar surface area (TPSA) is 72.2 Å². The van der Waals surface area contributed by atoms with Crippen molar-refractivity contribution in [2.75, 3.05) is 5.75 Å². The van der Waals surface area contributed by atoms with E-state index in [2.05, 4.69) is 17.9 Å². The van der Waals surface area contributed by atoms with Crippen LogP contribution in [0.3, 0.4) is 0 Å². The van der Waals surface area contributed by atoms with E-state index in [-0.39, 0.29) is 11.7 Å². The molecule has 0 aromatic carbocycles. The summed E-state index contributed by atoms with van der Waals surface area (Å²) in [4.78, 5) is 21.6. The van der Waals surface area contributed by atoms with Crippen molar-refractivity contribution in [1.29, 1.82) is 0 Å². The van der Waals surface area contributed by atoms with Crippen LogP contribution in [0.15, 0.2) is 0 Å². The fraction of sp³-hybridized carbons (Fsp3) is 0.778. The monoisotopic (exact) mass is 217 g/mol. The standard InChI is InChI=1S/C9H17N2O2S/c1-6(2)3-8(10)9(13)11-7(4-12)5-14/h6-8,14H,3,5,10H2,1-2H3,(H,11,13)/t7-,8+/m1/s1. The average Bonchev–Trinajstić information content (AvgIpc) is 2.12. The van der Waals surface area contributed by atoms with Gasteiger partial charge < -0.3 is 11.1 Å². The van der Waals surface area contributed by atoms with E-state index in [9.17, 15) is 9.59 Å². The maximum absolute atomic E-state index is 11.4. The van der Waals surface area contributed by atoms with Gasteiger partial charge in [-0.3, -0.25) is 9.59 Å². The fourth-order valence-corrected chi connectivity index (χ4v) is 1.17. The molecule has 1 radical (unpaired) electrons. The van der Waals surface area contributed by atoms with Crippen molar-refractivity contribution >= 4 is 24.8 Å². The predicted molar refractivity (Wildman–Crippen MR) is 58.9 cm³/mol. The van der Waals surface area contributed by atoms with E-state index in [0.29, 0.717) is 12.3 Å². The number of rotatable bonds is 6. The number of amides is 1. The molecule has 4 nitrogen and oxygen atoms in total. The Balaban J connectivity index is 3.99. The van der Waals surface area contributed by atoms with Crippen molar-refractivity contribution in [3.63, 3.8) is 0 Å². The molecule has 0 aromatic heterocycles. The third-order valence-corrected chi connectivity index (χ3v) is 2.07. The Morgan fingerprint density at radius 1 is 1.57 bits per heavy atom. The molecule has 0 bridgehead atoms. The van der Waals surface area contributed by atoms with E-state index in [0.717, 1.165) is 0 Å². The van der Waals surface area contributed by atoms with Crippen molar-refractivity contribution in [3.8, 4) is 0 Å². The number of thiol groups is 1. The molecule has 0 heterocycles. The highest BCUT2D eigenvalue weighted by Crippen LogP contribution is 2.02. The second-order valence-corrected chi connectivity index (χ2v) is 3.96. The van der Waals surface area contributed by atoms with Gasteiger partial charge in [0.15, 0.2) is 0 Å². The molecule has 2 atom stereocenters. The molecule has 0 aliphatic rings. The number of hydrogen-bond donors (Lipinski definition) is 3. The van der Waals surface area contributed by atoms with Crippen molar-refractivity contribution in [1.82, 2.24) is 5.32 Å². The minimum Gasteiger partial charge on any atom is -0.344 e. The average molecular weight is 217 g/mol. The summed E-state index contributed by atoms with van der Waals surface area (Å²) in [5, 5.41) is 2.46. The Bertz CT molecular complexity index is 197. The molecule has 0 rings (SSSR count). The van der Waals surface area contributed by atoms with Gasteiger partial charge in [-0.05, 0) is 12.3 Å². The number of carbonyl (C=O) groups is 1. The lowest BCUT2D eigenvalue weighted by Gasteiger charge is -2.16. The van der Waals surface area contributed by atoms with Crippen molar-refractivity contribution < 1.29 is 9.59 Å². The van der Waals surface area contributed by atoms with Gasteiger partial charge in [-0.15, -0.1) is 0 Å². The van der Waals surface area contributed by atoms with E-state index in [1.165, 1.54) is 0 Å². The number of carbonyl (C=O) groups excluding carboxylic acids is 2. The Hall–Kier alpha value is -0.550. The van der Waals surface area contributed by atoms with Gasteiger partial charge in [0, 0.05) is 5.75 Å². The third-order valence-electron chi connectivity index (χ3n) is 1.70. The SMILES string of the molecule is CC(C)C[C@H](N)C(=O)N[C@H]([C]=O)CS. The van der Waals surface area contributed by atoms with Crippen LogP contribution >= 0.6 is 12.6 Å². The quantitative estimate of drug-likeness (QED) is 0.543. The summed E-state index contributed by atoms with van der Waals surface area (Å²) in [6.07, 6.45) is 2.28. The second kappa shape index (κ2) is 6.84. The zero-order valence-electron chi connectivity index (χ0n) is 8.49. The lowest BCUT2D eigenvalue weighted by molar-refractivity contribution is -0.122. The van der Waals surface area contributed by atoms with Gasteiger partial charge in [-0.2, -0.15) is 12.6 Å². The highest BCUT2D eigenvalue weighted by molar-refractivity contribution is 7.80. The highest BCUT2D eigenvalue weighted by Gasteiger charge is 2.18. The van der Waals surface area contributed by atoms with Gasteiger partial charge in [-0.25, -0.2) is 0 Å². The van der Waals surface area contributed by atoms with E-state index in [1.807, 2.05) is 13.8 Å². The molecule has 14 heavy (non-hydrogen) atoms. The highest BCUT2D eigenvalue weighted by atomic mass is 32.1. The zero-order valence-corrected chi connectivity index (χ0v) is 9.38. The maximum Gasteiger partial charge on any atom is 0.237 e. The van der Waals surface area contributed by atoms with Crippen LogP contribution in [0.2, 0.25) is 0 Å². The molecule has 81 valence electrons. The zero-order chi connectivity index (χ0) is 11.1. The lowest BCUT2D eigenvalue weighted by Crippen LogP contribution is -2.47. The van der Waals surface area contributed by atoms with Crippen LogP contribution in [-0.2, 0) is 9.59 Å². The van der Waals surface area contributed by atoms with Gasteiger partial charge in [0.1, 0.15) is 6.04 Å². The van der Waals surface area contributed by atoms with Crippen LogP contribution < -0.4 is 11.1 Å². The smallest absolute Gasteiger partial charge is 0.237 e. The van der Waals surface area contributed by atoms with E-state index in [4.69, 9.17) is 5.73 Å². The van der Waals surface area contributed by atoms with E-state index < -0.39 is 12.1 Å². The largest absolute Gasteiger partial charge is 0.344 e. The van der Waals surface area contributed by atoms with Gasteiger partial charge in [0.05, 0.1) is 6.04 Å². The van der Waals surface area contributed by atoms with Gasteiger partial charge in [-0.1, -0.05) is 13.8 Å². The predicted octanol–water partition coefficient (Wildman–Crippen LogP) is -0.116. The van der Waals surface area contributed by atoms with Crippen LogP contribution in [0.25, 0.3) is 0 Å².